The van der Waals surface area contributed by atoms with Crippen LogP contribution in [0.25, 0.3) is 0 Å². The van der Waals surface area contributed by atoms with Crippen molar-refractivity contribution in [1.82, 2.24) is 9.97 Å². The van der Waals surface area contributed by atoms with Crippen LogP contribution in [-0.4, -0.2) is 14.9 Å². The predicted molar refractivity (Wildman–Crippen MR) is 77.4 cm³/mol. The van der Waals surface area contributed by atoms with Crippen molar-refractivity contribution in [2.24, 2.45) is 0 Å². The van der Waals surface area contributed by atoms with Crippen LogP contribution in [0.3, 0.4) is 0 Å². The van der Waals surface area contributed by atoms with Crippen molar-refractivity contribution >= 4 is 33.2 Å². The molecule has 1 aromatic carbocycles. The highest BCUT2D eigenvalue weighted by Crippen LogP contribution is 2.35. The van der Waals surface area contributed by atoms with Crippen LogP contribution in [0, 0.1) is 24.0 Å². The minimum absolute atomic E-state index is 0.0418. The Morgan fingerprint density at radius 2 is 1.95 bits per heavy atom. The number of rotatable bonds is 3. The van der Waals surface area contributed by atoms with Gasteiger partial charge in [0, 0.05) is 10.5 Å². The summed E-state index contributed by atoms with van der Waals surface area (Å²) in [5.41, 5.74) is 1.13. The molecule has 0 radical (unpaired) electrons. The Hall–Kier alpha value is -1.73. The Bertz CT molecular complexity index is 694. The normalized spacial score (nSPS) is 10.4. The van der Waals surface area contributed by atoms with Crippen molar-refractivity contribution in [3.8, 4) is 11.6 Å². The van der Waals surface area contributed by atoms with Crippen molar-refractivity contribution in [2.75, 3.05) is 0 Å². The number of benzene rings is 1. The Morgan fingerprint density at radius 1 is 1.30 bits per heavy atom. The molecule has 0 amide bonds. The molecule has 0 aliphatic heterocycles. The van der Waals surface area contributed by atoms with E-state index in [-0.39, 0.29) is 22.5 Å². The first-order valence-electron chi connectivity index (χ1n) is 5.51. The Morgan fingerprint density at radius 3 is 2.60 bits per heavy atom. The molecule has 8 heteroatoms. The van der Waals surface area contributed by atoms with Crippen LogP contribution >= 0.6 is 27.5 Å². The van der Waals surface area contributed by atoms with Gasteiger partial charge in [-0.2, -0.15) is 0 Å². The molecule has 0 unspecified atom stereocenters. The van der Waals surface area contributed by atoms with Crippen LogP contribution in [-0.2, 0) is 0 Å². The second-order valence-corrected chi connectivity index (χ2v) is 5.24. The molecule has 6 nitrogen and oxygen atoms in total. The van der Waals surface area contributed by atoms with E-state index in [0.29, 0.717) is 15.9 Å². The summed E-state index contributed by atoms with van der Waals surface area (Å²) in [6.45, 7) is 3.52. The number of aromatic nitrogens is 2. The number of aryl methyl sites for hydroxylation is 2. The maximum absolute atomic E-state index is 11.0. The third-order valence-corrected chi connectivity index (χ3v) is 3.30. The van der Waals surface area contributed by atoms with E-state index in [1.807, 2.05) is 0 Å². The molecule has 0 fully saturated rings. The third-order valence-electron chi connectivity index (χ3n) is 2.56. The Kier molecular flexibility index (Phi) is 4.20. The first-order valence-corrected chi connectivity index (χ1v) is 6.68. The third kappa shape index (κ3) is 3.05. The van der Waals surface area contributed by atoms with E-state index in [1.54, 1.807) is 19.9 Å². The summed E-state index contributed by atoms with van der Waals surface area (Å²) in [7, 11) is 0. The van der Waals surface area contributed by atoms with Gasteiger partial charge in [-0.25, -0.2) is 9.97 Å². The Labute approximate surface area is 128 Å². The van der Waals surface area contributed by atoms with Crippen LogP contribution in [0.15, 0.2) is 22.7 Å². The molecule has 0 bridgehead atoms. The van der Waals surface area contributed by atoms with Gasteiger partial charge in [-0.15, -0.1) is 0 Å². The number of halogens is 2. The van der Waals surface area contributed by atoms with Gasteiger partial charge in [-0.1, -0.05) is 27.5 Å². The maximum Gasteiger partial charge on any atom is 0.312 e. The lowest BCUT2D eigenvalue weighted by Crippen LogP contribution is -1.99. The highest BCUT2D eigenvalue weighted by atomic mass is 79.9. The molecular weight excluding hydrogens is 350 g/mol. The summed E-state index contributed by atoms with van der Waals surface area (Å²) in [4.78, 5) is 18.7. The monoisotopic (exact) mass is 357 g/mol. The fraction of sp³-hybridized carbons (Fsp3) is 0.167. The molecule has 2 aromatic rings. The van der Waals surface area contributed by atoms with Crippen molar-refractivity contribution in [3.05, 3.63) is 49.3 Å². The summed E-state index contributed by atoms with van der Waals surface area (Å²) >= 11 is 9.11. The maximum atomic E-state index is 11.0. The van der Waals surface area contributed by atoms with E-state index in [1.165, 1.54) is 12.1 Å². The molecule has 0 N–H and O–H groups in total. The number of ether oxygens (including phenoxy) is 1. The van der Waals surface area contributed by atoms with Gasteiger partial charge in [-0.3, -0.25) is 10.1 Å². The summed E-state index contributed by atoms with van der Waals surface area (Å²) in [6, 6.07) is 4.44. The number of nitro benzene ring substituents is 1. The average molecular weight is 359 g/mol. The van der Waals surface area contributed by atoms with E-state index in [4.69, 9.17) is 16.3 Å². The minimum Gasteiger partial charge on any atom is -0.429 e. The molecule has 0 aliphatic carbocycles. The first-order chi connectivity index (χ1) is 9.38. The Balaban J connectivity index is 2.45. The van der Waals surface area contributed by atoms with Gasteiger partial charge in [0.1, 0.15) is 0 Å². The minimum atomic E-state index is -0.539. The largest absolute Gasteiger partial charge is 0.429 e. The lowest BCUT2D eigenvalue weighted by atomic mass is 10.3. The lowest BCUT2D eigenvalue weighted by molar-refractivity contribution is -0.385. The highest BCUT2D eigenvalue weighted by Gasteiger charge is 2.19. The lowest BCUT2D eigenvalue weighted by Gasteiger charge is -2.08. The van der Waals surface area contributed by atoms with Crippen LogP contribution in [0.4, 0.5) is 5.69 Å². The van der Waals surface area contributed by atoms with Crippen LogP contribution in [0.1, 0.15) is 11.4 Å². The number of hydrogen-bond donors (Lipinski definition) is 0. The second-order valence-electron chi connectivity index (χ2n) is 3.96. The van der Waals surface area contributed by atoms with Gasteiger partial charge < -0.3 is 4.74 Å². The van der Waals surface area contributed by atoms with Gasteiger partial charge in [-0.05, 0) is 26.0 Å². The summed E-state index contributed by atoms with van der Waals surface area (Å²) in [6.07, 6.45) is 0. The second kappa shape index (κ2) is 5.72. The number of nitrogens with zero attached hydrogens (tertiary/aromatic N) is 3. The zero-order valence-electron chi connectivity index (χ0n) is 10.6. The summed E-state index contributed by atoms with van der Waals surface area (Å²) < 4.78 is 6.00. The smallest absolute Gasteiger partial charge is 0.312 e. The summed E-state index contributed by atoms with van der Waals surface area (Å²) in [5, 5.41) is 11.1. The molecule has 0 aliphatic rings. The van der Waals surface area contributed by atoms with E-state index in [9.17, 15) is 10.1 Å². The van der Waals surface area contributed by atoms with Crippen LogP contribution in [0.2, 0.25) is 5.15 Å². The van der Waals surface area contributed by atoms with Gasteiger partial charge >= 0.3 is 5.69 Å². The number of hydrogen-bond acceptors (Lipinski definition) is 5. The van der Waals surface area contributed by atoms with E-state index in [0.717, 1.165) is 0 Å². The van der Waals surface area contributed by atoms with Crippen molar-refractivity contribution in [1.29, 1.82) is 0 Å². The highest BCUT2D eigenvalue weighted by molar-refractivity contribution is 9.10. The van der Waals surface area contributed by atoms with E-state index in [2.05, 4.69) is 25.9 Å². The molecule has 1 aromatic heterocycles. The zero-order chi connectivity index (χ0) is 14.9. The van der Waals surface area contributed by atoms with Crippen LogP contribution < -0.4 is 4.74 Å². The molecule has 0 saturated carbocycles. The zero-order valence-corrected chi connectivity index (χ0v) is 12.9. The van der Waals surface area contributed by atoms with Crippen molar-refractivity contribution in [2.45, 2.75) is 13.8 Å². The molecule has 0 atom stereocenters. The van der Waals surface area contributed by atoms with Gasteiger partial charge in [0.2, 0.25) is 5.75 Å². The molecule has 1 heterocycles. The average Bonchev–Trinajstić information content (AvgIpc) is 2.37. The van der Waals surface area contributed by atoms with E-state index >= 15 is 0 Å². The van der Waals surface area contributed by atoms with Gasteiger partial charge in [0.05, 0.1) is 16.3 Å². The fourth-order valence-corrected chi connectivity index (χ4v) is 2.00. The van der Waals surface area contributed by atoms with Crippen molar-refractivity contribution < 1.29 is 9.66 Å². The SMILES string of the molecule is Cc1nc(Cl)c(Oc2ccc(Br)cc2[N+](=O)[O-])nc1C. The quantitative estimate of drug-likeness (QED) is 0.606. The first kappa shape index (κ1) is 14.7. The predicted octanol–water partition coefficient (Wildman–Crippen LogP) is 4.21. The fourth-order valence-electron chi connectivity index (χ4n) is 1.44. The molecule has 20 heavy (non-hydrogen) atoms. The standard InChI is InChI=1S/C12H9BrClN3O3/c1-6-7(2)16-12(11(14)15-6)20-10-4-3-8(13)5-9(10)17(18)19/h3-5H,1-2H3. The van der Waals surface area contributed by atoms with Crippen molar-refractivity contribution in [3.63, 3.8) is 0 Å². The van der Waals surface area contributed by atoms with Gasteiger partial charge in [0.25, 0.3) is 5.88 Å². The van der Waals surface area contributed by atoms with Gasteiger partial charge in [0.15, 0.2) is 5.15 Å². The van der Waals surface area contributed by atoms with E-state index < -0.39 is 4.92 Å². The molecule has 2 rings (SSSR count). The molecule has 0 saturated heterocycles. The summed E-state index contributed by atoms with van der Waals surface area (Å²) in [5.74, 6) is 0.0952. The number of nitro groups is 1. The molecule has 104 valence electrons. The molecule has 0 spiro atoms. The van der Waals surface area contributed by atoms with Crippen LogP contribution in [0.5, 0.6) is 11.6 Å². The topological polar surface area (TPSA) is 78.2 Å². The molecular formula is C12H9BrClN3O3.